The summed E-state index contributed by atoms with van der Waals surface area (Å²) in [5.41, 5.74) is 2.85. The summed E-state index contributed by atoms with van der Waals surface area (Å²) >= 11 is 0. The molecule has 1 N–H and O–H groups in total. The average Bonchev–Trinajstić information content (AvgIpc) is 3.31. The van der Waals surface area contributed by atoms with E-state index >= 15 is 0 Å². The van der Waals surface area contributed by atoms with Gasteiger partial charge in [0.1, 0.15) is 5.69 Å². The summed E-state index contributed by atoms with van der Waals surface area (Å²) in [6.45, 7) is 9.39. The third-order valence-electron chi connectivity index (χ3n) is 5.85. The molecule has 0 unspecified atom stereocenters. The van der Waals surface area contributed by atoms with Gasteiger partial charge in [-0.1, -0.05) is 44.2 Å². The number of carbonyl (C=O) groups is 1. The quantitative estimate of drug-likeness (QED) is 0.864. The Morgan fingerprint density at radius 1 is 1.29 bits per heavy atom. The van der Waals surface area contributed by atoms with Gasteiger partial charge in [0.25, 0.3) is 5.91 Å². The number of fused-ring (bicyclic) bond motifs is 1. The smallest absolute Gasteiger partial charge is 0.269 e. The van der Waals surface area contributed by atoms with Crippen molar-refractivity contribution in [3.05, 3.63) is 53.3 Å². The lowest BCUT2D eigenvalue weighted by molar-refractivity contribution is -0.0502. The minimum atomic E-state index is -0.0216. The minimum Gasteiger partial charge on any atom is -0.371 e. The van der Waals surface area contributed by atoms with Crippen molar-refractivity contribution in [2.75, 3.05) is 19.7 Å². The van der Waals surface area contributed by atoms with Gasteiger partial charge in [-0.25, -0.2) is 0 Å². The Hall–Kier alpha value is -2.18. The molecule has 0 spiro atoms. The van der Waals surface area contributed by atoms with Crippen LogP contribution in [0, 0.1) is 0 Å². The van der Waals surface area contributed by atoms with Gasteiger partial charge in [0.15, 0.2) is 0 Å². The lowest BCUT2D eigenvalue weighted by atomic mass is 10.1. The zero-order valence-corrected chi connectivity index (χ0v) is 17.0. The normalized spacial score (nSPS) is 25.1. The zero-order chi connectivity index (χ0) is 19.7. The topological polar surface area (TPSA) is 59.4 Å². The molecule has 28 heavy (non-hydrogen) atoms. The highest BCUT2D eigenvalue weighted by Crippen LogP contribution is 2.30. The van der Waals surface area contributed by atoms with E-state index in [9.17, 15) is 4.79 Å². The predicted molar refractivity (Wildman–Crippen MR) is 108 cm³/mol. The van der Waals surface area contributed by atoms with E-state index in [1.807, 2.05) is 23.7 Å². The van der Waals surface area contributed by atoms with Gasteiger partial charge >= 0.3 is 0 Å². The highest BCUT2D eigenvalue weighted by molar-refractivity contribution is 5.93. The summed E-state index contributed by atoms with van der Waals surface area (Å²) in [6.07, 6.45) is 1.05. The van der Waals surface area contributed by atoms with E-state index in [-0.39, 0.29) is 18.1 Å². The molecule has 1 aromatic carbocycles. The molecule has 1 aromatic heterocycles. The number of rotatable bonds is 5. The van der Waals surface area contributed by atoms with Crippen LogP contribution >= 0.6 is 0 Å². The van der Waals surface area contributed by atoms with Crippen LogP contribution in [-0.2, 0) is 11.3 Å². The number of hydrogen-bond acceptors (Lipinski definition) is 4. The molecule has 6 heteroatoms. The third-order valence-corrected chi connectivity index (χ3v) is 5.85. The molecule has 4 rings (SSSR count). The fraction of sp³-hybridized carbons (Fsp3) is 0.545. The lowest BCUT2D eigenvalue weighted by Gasteiger charge is -2.35. The molecule has 6 nitrogen and oxygen atoms in total. The second kappa shape index (κ2) is 8.05. The molecular formula is C22H30N4O2. The van der Waals surface area contributed by atoms with E-state index in [2.05, 4.69) is 53.4 Å². The van der Waals surface area contributed by atoms with Crippen molar-refractivity contribution in [2.45, 2.75) is 57.8 Å². The average molecular weight is 383 g/mol. The van der Waals surface area contributed by atoms with Crippen LogP contribution in [0.25, 0.3) is 0 Å². The number of aromatic nitrogens is 2. The van der Waals surface area contributed by atoms with E-state index in [1.54, 1.807) is 0 Å². The fourth-order valence-electron chi connectivity index (χ4n) is 4.25. The Labute approximate surface area is 166 Å². The van der Waals surface area contributed by atoms with Gasteiger partial charge in [0, 0.05) is 31.7 Å². The summed E-state index contributed by atoms with van der Waals surface area (Å²) in [5, 5.41) is 7.80. The summed E-state index contributed by atoms with van der Waals surface area (Å²) in [4.78, 5) is 15.3. The maximum atomic E-state index is 12.9. The molecule has 0 aliphatic carbocycles. The van der Waals surface area contributed by atoms with Gasteiger partial charge in [-0.2, -0.15) is 5.10 Å². The Morgan fingerprint density at radius 2 is 2.07 bits per heavy atom. The number of hydrogen-bond donors (Lipinski definition) is 1. The molecule has 1 amide bonds. The van der Waals surface area contributed by atoms with Gasteiger partial charge in [-0.15, -0.1) is 0 Å². The summed E-state index contributed by atoms with van der Waals surface area (Å²) in [5.74, 6) is 0.290. The number of aryl methyl sites for hydroxylation is 1. The Balaban J connectivity index is 1.39. The van der Waals surface area contributed by atoms with Crippen LogP contribution in [0.4, 0.5) is 0 Å². The minimum absolute atomic E-state index is 0.0216. The van der Waals surface area contributed by atoms with E-state index in [1.165, 1.54) is 5.56 Å². The van der Waals surface area contributed by atoms with Crippen LogP contribution in [0.1, 0.15) is 61.0 Å². The van der Waals surface area contributed by atoms with Gasteiger partial charge < -0.3 is 10.1 Å². The maximum absolute atomic E-state index is 12.9. The van der Waals surface area contributed by atoms with Crippen molar-refractivity contribution in [3.63, 3.8) is 0 Å². The monoisotopic (exact) mass is 382 g/mol. The van der Waals surface area contributed by atoms with Crippen molar-refractivity contribution in [1.29, 1.82) is 0 Å². The summed E-state index contributed by atoms with van der Waals surface area (Å²) < 4.78 is 7.92. The number of ether oxygens (including phenoxy) is 1. The van der Waals surface area contributed by atoms with E-state index < -0.39 is 0 Å². The van der Waals surface area contributed by atoms with E-state index in [0.29, 0.717) is 24.2 Å². The first kappa shape index (κ1) is 19.2. The molecule has 0 radical (unpaired) electrons. The first-order chi connectivity index (χ1) is 13.5. The molecule has 0 saturated carbocycles. The fourth-order valence-corrected chi connectivity index (χ4v) is 4.25. The molecule has 150 valence electrons. The largest absolute Gasteiger partial charge is 0.371 e. The van der Waals surface area contributed by atoms with Gasteiger partial charge in [0.05, 0.1) is 18.4 Å². The number of carbonyl (C=O) groups excluding carboxylic acids is 1. The van der Waals surface area contributed by atoms with Gasteiger partial charge in [-0.3, -0.25) is 14.4 Å². The van der Waals surface area contributed by atoms with Crippen LogP contribution < -0.4 is 5.32 Å². The van der Waals surface area contributed by atoms with Crippen molar-refractivity contribution in [1.82, 2.24) is 20.0 Å². The highest BCUT2D eigenvalue weighted by Gasteiger charge is 2.38. The molecular weight excluding hydrogens is 352 g/mol. The number of benzene rings is 1. The van der Waals surface area contributed by atoms with Gasteiger partial charge in [0.2, 0.25) is 0 Å². The van der Waals surface area contributed by atoms with Crippen LogP contribution in [0.2, 0.25) is 0 Å². The molecule has 0 bridgehead atoms. The van der Waals surface area contributed by atoms with Crippen LogP contribution in [0.5, 0.6) is 0 Å². The molecule has 2 aliphatic heterocycles. The maximum Gasteiger partial charge on any atom is 0.269 e. The van der Waals surface area contributed by atoms with E-state index in [0.717, 1.165) is 31.8 Å². The van der Waals surface area contributed by atoms with Crippen molar-refractivity contribution >= 4 is 5.91 Å². The first-order valence-electron chi connectivity index (χ1n) is 10.3. The van der Waals surface area contributed by atoms with Crippen LogP contribution in [0.15, 0.2) is 36.4 Å². The third kappa shape index (κ3) is 3.84. The Kier molecular flexibility index (Phi) is 5.51. The van der Waals surface area contributed by atoms with Crippen molar-refractivity contribution in [2.24, 2.45) is 0 Å². The first-order valence-corrected chi connectivity index (χ1v) is 10.3. The second-order valence-corrected chi connectivity index (χ2v) is 8.17. The Morgan fingerprint density at radius 3 is 2.79 bits per heavy atom. The molecule has 3 heterocycles. The number of morpholine rings is 1. The zero-order valence-electron chi connectivity index (χ0n) is 17.0. The molecule has 2 aliphatic rings. The highest BCUT2D eigenvalue weighted by atomic mass is 16.5. The summed E-state index contributed by atoms with van der Waals surface area (Å²) in [6, 6.07) is 12.9. The van der Waals surface area contributed by atoms with Crippen LogP contribution in [-0.4, -0.2) is 52.4 Å². The molecule has 2 saturated heterocycles. The molecule has 2 aromatic rings. The SMILES string of the molecule is CCn1nc(C(C)C)cc1C(=O)N[C@@H]1C[C@H]2CO[C@@H](c3ccccc3)CN2C1. The van der Waals surface area contributed by atoms with Crippen LogP contribution in [0.3, 0.4) is 0 Å². The molecule has 2 fully saturated rings. The number of nitrogens with zero attached hydrogens (tertiary/aromatic N) is 3. The number of amides is 1. The van der Waals surface area contributed by atoms with Crippen molar-refractivity contribution < 1.29 is 9.53 Å². The summed E-state index contributed by atoms with van der Waals surface area (Å²) in [7, 11) is 0. The number of nitrogens with one attached hydrogen (secondary N) is 1. The van der Waals surface area contributed by atoms with Crippen molar-refractivity contribution in [3.8, 4) is 0 Å². The predicted octanol–water partition coefficient (Wildman–Crippen LogP) is 2.97. The standard InChI is InChI=1S/C22H30N4O2/c1-4-26-20(11-19(24-26)15(2)3)22(27)23-17-10-18-14-28-21(13-25(18)12-17)16-8-6-5-7-9-16/h5-9,11,15,17-18,21H,4,10,12-14H2,1-3H3,(H,23,27)/t17-,18+,21-/m1/s1. The Bertz CT molecular complexity index is 817. The van der Waals surface area contributed by atoms with Gasteiger partial charge in [-0.05, 0) is 30.9 Å². The van der Waals surface area contributed by atoms with E-state index in [4.69, 9.17) is 4.74 Å². The lowest BCUT2D eigenvalue weighted by Crippen LogP contribution is -2.43. The second-order valence-electron chi connectivity index (χ2n) is 8.17. The molecule has 3 atom stereocenters.